The number of hydrogen-bond donors (Lipinski definition) is 2. The third-order valence-electron chi connectivity index (χ3n) is 2.81. The van der Waals surface area contributed by atoms with E-state index in [0.717, 1.165) is 22.4 Å². The normalized spacial score (nSPS) is 10.7. The predicted octanol–water partition coefficient (Wildman–Crippen LogP) is 4.41. The van der Waals surface area contributed by atoms with Crippen LogP contribution in [0.1, 0.15) is 1.43 Å². The summed E-state index contributed by atoms with van der Waals surface area (Å²) in [4.78, 5) is 16.6. The number of nitrogens with zero attached hydrogens (tertiary/aromatic N) is 4. The lowest BCUT2D eigenvalue weighted by Gasteiger charge is -2.14. The van der Waals surface area contributed by atoms with Crippen molar-refractivity contribution in [3.63, 3.8) is 0 Å². The first-order chi connectivity index (χ1) is 10.7. The van der Waals surface area contributed by atoms with Gasteiger partial charge in [0.1, 0.15) is 10.5 Å². The lowest BCUT2D eigenvalue weighted by Crippen LogP contribution is -2.01. The van der Waals surface area contributed by atoms with E-state index < -0.39 is 0 Å². The van der Waals surface area contributed by atoms with Crippen molar-refractivity contribution < 1.29 is 1.43 Å². The average molecular weight is 355 g/mol. The molecule has 0 saturated heterocycles. The summed E-state index contributed by atoms with van der Waals surface area (Å²) in [6, 6.07) is 3.74. The molecule has 1 aromatic carbocycles. The van der Waals surface area contributed by atoms with Gasteiger partial charge in [0.25, 0.3) is 0 Å². The molecule has 22 heavy (non-hydrogen) atoms. The summed E-state index contributed by atoms with van der Waals surface area (Å²) in [6.07, 6.45) is 6.67. The highest BCUT2D eigenvalue weighted by molar-refractivity contribution is 7.99. The highest BCUT2D eigenvalue weighted by Crippen LogP contribution is 2.34. The van der Waals surface area contributed by atoms with Gasteiger partial charge in [-0.1, -0.05) is 23.5 Å². The minimum Gasteiger partial charge on any atom is -0.337 e. The minimum atomic E-state index is 0. The molecule has 3 rings (SSSR count). The van der Waals surface area contributed by atoms with E-state index in [1.807, 2.05) is 18.4 Å². The molecule has 0 spiro atoms. The standard InChI is InChI=1S/C13H10Cl2N6S.H2/c1-22-21-11-9(3-2-8-10(11)17-5-4-16-8)19-12-7(14)6-18-13(15)20-12;/h2-6,21H,1H3,(H,18,19,20);1H. The Hall–Kier alpha value is -1.83. The summed E-state index contributed by atoms with van der Waals surface area (Å²) in [5, 5.41) is 3.64. The summed E-state index contributed by atoms with van der Waals surface area (Å²) in [5.74, 6) is 0.425. The highest BCUT2D eigenvalue weighted by atomic mass is 35.5. The third-order valence-corrected chi connectivity index (χ3v) is 3.68. The topological polar surface area (TPSA) is 75.6 Å². The van der Waals surface area contributed by atoms with Crippen LogP contribution < -0.4 is 10.0 Å². The lowest BCUT2D eigenvalue weighted by atomic mass is 10.2. The van der Waals surface area contributed by atoms with Crippen molar-refractivity contribution in [2.24, 2.45) is 0 Å². The van der Waals surface area contributed by atoms with Gasteiger partial charge in [-0.2, -0.15) is 4.98 Å². The van der Waals surface area contributed by atoms with E-state index in [2.05, 4.69) is 30.0 Å². The van der Waals surface area contributed by atoms with Crippen molar-refractivity contribution in [2.45, 2.75) is 0 Å². The number of nitrogens with one attached hydrogen (secondary N) is 2. The number of anilines is 3. The van der Waals surface area contributed by atoms with Gasteiger partial charge in [-0.15, -0.1) is 0 Å². The molecule has 0 atom stereocenters. The number of rotatable bonds is 4. The number of aromatic nitrogens is 4. The van der Waals surface area contributed by atoms with Gasteiger partial charge < -0.3 is 10.0 Å². The highest BCUT2D eigenvalue weighted by Gasteiger charge is 2.12. The van der Waals surface area contributed by atoms with Crippen LogP contribution >= 0.6 is 35.1 Å². The van der Waals surface area contributed by atoms with E-state index in [0.29, 0.717) is 10.8 Å². The number of benzene rings is 1. The molecule has 0 radical (unpaired) electrons. The SMILES string of the molecule is CSNc1c(Nc2nc(Cl)ncc2Cl)ccc2nccnc12.[HH]. The summed E-state index contributed by atoms with van der Waals surface area (Å²) in [5.41, 5.74) is 3.09. The fourth-order valence-corrected chi connectivity index (χ4v) is 2.59. The van der Waals surface area contributed by atoms with Crippen LogP contribution in [0.4, 0.5) is 17.2 Å². The van der Waals surface area contributed by atoms with Crippen molar-refractivity contribution in [1.29, 1.82) is 0 Å². The molecule has 0 amide bonds. The van der Waals surface area contributed by atoms with E-state index >= 15 is 0 Å². The van der Waals surface area contributed by atoms with E-state index in [4.69, 9.17) is 23.2 Å². The molecule has 0 saturated carbocycles. The van der Waals surface area contributed by atoms with Gasteiger partial charge in [0.15, 0.2) is 5.82 Å². The fourth-order valence-electron chi connectivity index (χ4n) is 1.91. The van der Waals surface area contributed by atoms with Crippen molar-refractivity contribution in [1.82, 2.24) is 19.9 Å². The Morgan fingerprint density at radius 1 is 1.14 bits per heavy atom. The molecule has 3 aromatic rings. The number of hydrogen-bond acceptors (Lipinski definition) is 7. The third kappa shape index (κ3) is 3.01. The van der Waals surface area contributed by atoms with Crippen LogP contribution in [0.25, 0.3) is 11.0 Å². The Morgan fingerprint density at radius 3 is 2.77 bits per heavy atom. The fraction of sp³-hybridized carbons (Fsp3) is 0.0769. The van der Waals surface area contributed by atoms with Crippen LogP contribution in [0, 0.1) is 0 Å². The Kier molecular flexibility index (Phi) is 4.47. The van der Waals surface area contributed by atoms with Crippen LogP contribution in [0.5, 0.6) is 0 Å². The van der Waals surface area contributed by atoms with E-state index in [9.17, 15) is 0 Å². The van der Waals surface area contributed by atoms with Gasteiger partial charge in [-0.25, -0.2) is 4.98 Å². The van der Waals surface area contributed by atoms with Crippen molar-refractivity contribution in [2.75, 3.05) is 16.3 Å². The largest absolute Gasteiger partial charge is 0.337 e. The Balaban J connectivity index is 0.00000192. The van der Waals surface area contributed by atoms with Gasteiger partial charge in [-0.3, -0.25) is 9.97 Å². The smallest absolute Gasteiger partial charge is 0.224 e. The zero-order chi connectivity index (χ0) is 15.5. The zero-order valence-corrected chi connectivity index (χ0v) is 13.7. The van der Waals surface area contributed by atoms with Gasteiger partial charge in [0.2, 0.25) is 5.28 Å². The second-order valence-electron chi connectivity index (χ2n) is 4.18. The maximum atomic E-state index is 6.09. The predicted molar refractivity (Wildman–Crippen MR) is 94.1 cm³/mol. The van der Waals surface area contributed by atoms with Crippen molar-refractivity contribution >= 4 is 63.4 Å². The van der Waals surface area contributed by atoms with Crippen molar-refractivity contribution in [3.8, 4) is 0 Å². The van der Waals surface area contributed by atoms with Crippen LogP contribution in [0.2, 0.25) is 10.3 Å². The molecule has 0 unspecified atom stereocenters. The molecule has 2 N–H and O–H groups in total. The monoisotopic (exact) mass is 354 g/mol. The second kappa shape index (κ2) is 6.51. The summed E-state index contributed by atoms with van der Waals surface area (Å²) in [7, 11) is 0. The summed E-state index contributed by atoms with van der Waals surface area (Å²) < 4.78 is 3.21. The van der Waals surface area contributed by atoms with Gasteiger partial charge >= 0.3 is 0 Å². The van der Waals surface area contributed by atoms with Crippen LogP contribution in [0.15, 0.2) is 30.7 Å². The lowest BCUT2D eigenvalue weighted by molar-refractivity contribution is 1.17. The Morgan fingerprint density at radius 2 is 1.95 bits per heavy atom. The van der Waals surface area contributed by atoms with Gasteiger partial charge in [-0.05, 0) is 23.7 Å². The Labute approximate surface area is 142 Å². The minimum absolute atomic E-state index is 0. The van der Waals surface area contributed by atoms with E-state index in [1.165, 1.54) is 18.1 Å². The Bertz CT molecular complexity index is 835. The molecule has 2 aromatic heterocycles. The van der Waals surface area contributed by atoms with Crippen molar-refractivity contribution in [3.05, 3.63) is 41.0 Å². The molecule has 0 fully saturated rings. The van der Waals surface area contributed by atoms with Crippen LogP contribution in [0.3, 0.4) is 0 Å². The molecule has 6 nitrogen and oxygen atoms in total. The summed E-state index contributed by atoms with van der Waals surface area (Å²) >= 11 is 13.4. The van der Waals surface area contributed by atoms with Gasteiger partial charge in [0.05, 0.1) is 23.1 Å². The molecule has 2 heterocycles. The molecule has 114 valence electrons. The molecule has 9 heteroatoms. The number of halogens is 2. The molecular weight excluding hydrogens is 343 g/mol. The van der Waals surface area contributed by atoms with Crippen LogP contribution in [-0.4, -0.2) is 26.2 Å². The van der Waals surface area contributed by atoms with E-state index in [-0.39, 0.29) is 6.71 Å². The number of fused-ring (bicyclic) bond motifs is 1. The average Bonchev–Trinajstić information content (AvgIpc) is 2.53. The van der Waals surface area contributed by atoms with E-state index in [1.54, 1.807) is 12.4 Å². The molecule has 0 aliphatic rings. The molecule has 0 aliphatic carbocycles. The first-order valence-electron chi connectivity index (χ1n) is 6.17. The quantitative estimate of drug-likeness (QED) is 0.530. The molecule has 0 bridgehead atoms. The summed E-state index contributed by atoms with van der Waals surface area (Å²) in [6.45, 7) is 0. The first-order valence-corrected chi connectivity index (χ1v) is 8.15. The molecular formula is C13H12Cl2N6S. The second-order valence-corrected chi connectivity index (χ2v) is 5.54. The van der Waals surface area contributed by atoms with Gasteiger partial charge in [0, 0.05) is 20.1 Å². The van der Waals surface area contributed by atoms with Crippen LogP contribution in [-0.2, 0) is 0 Å². The maximum absolute atomic E-state index is 6.09. The maximum Gasteiger partial charge on any atom is 0.224 e. The first kappa shape index (κ1) is 15.1. The molecule has 0 aliphatic heterocycles. The zero-order valence-electron chi connectivity index (χ0n) is 11.3.